The topological polar surface area (TPSA) is 337 Å². The molecule has 11 atom stereocenters. The first-order valence-electron chi connectivity index (χ1n) is 29.8. The summed E-state index contributed by atoms with van der Waals surface area (Å²) in [6.07, 6.45) is 2.24. The standard InChI is InChI=1S/C62H94N12O13S/c1-14-39(8)53(47(84-12)33-49(76)74-30-19-23-46(74)54(85-13)40(9)55(77)69-45(59-65-29-31-88-59)32-41-20-16-15-17-21-41)72(10)60(81)51(37(4)5)71-58(80)52(38(6)7)73(11)62(83)86-34-42-24-26-43(27-25-42)67-56(78)44(22-18-28-66-61(63)82)68-57(79)50(36(2)3)70-48(75)35-87-64/h15-17,20-21,24-27,29,31,37-40,44-47,50-54H,2,14,18-19,22-23,28,30,32-35,64H2,1,3-13H3,(H,67,78)(H,68,79)(H,69,77)(H,70,75)(H,71,80)(H3,63,66,82)/t39-,40+,44-,45-,46-,47+,50-,51-,52-,53-,54+/m0/s1. The smallest absolute Gasteiger partial charge is 0.410 e. The fourth-order valence-corrected chi connectivity index (χ4v) is 11.7. The Bertz CT molecular complexity index is 2770. The van der Waals surface area contributed by atoms with E-state index < -0.39 is 114 Å². The maximum atomic E-state index is 14.8. The molecule has 1 aliphatic rings. The van der Waals surface area contributed by atoms with Crippen LogP contribution in [0, 0.1) is 23.7 Å². The first kappa shape index (κ1) is 73.0. The van der Waals surface area contributed by atoms with Crippen LogP contribution in [-0.2, 0) is 65.6 Å². The highest BCUT2D eigenvalue weighted by Gasteiger charge is 2.44. The molecule has 26 heteroatoms. The minimum Gasteiger partial charge on any atom is -0.445 e. The Morgan fingerprint density at radius 1 is 0.830 bits per heavy atom. The van der Waals surface area contributed by atoms with Gasteiger partial charge in [0.1, 0.15) is 42.4 Å². The second kappa shape index (κ2) is 36.1. The van der Waals surface area contributed by atoms with Gasteiger partial charge in [0.15, 0.2) is 0 Å². The second-order valence-corrected chi connectivity index (χ2v) is 24.1. The largest absolute Gasteiger partial charge is 0.445 e. The summed E-state index contributed by atoms with van der Waals surface area (Å²) in [4.78, 5) is 135. The second-order valence-electron chi connectivity index (χ2n) is 23.1. The number of methoxy groups -OCH3 is 2. The number of urea groups is 1. The third-order valence-corrected chi connectivity index (χ3v) is 16.8. The molecule has 2 aromatic carbocycles. The third-order valence-electron chi connectivity index (χ3n) is 15.9. The highest BCUT2D eigenvalue weighted by Crippen LogP contribution is 2.31. The van der Waals surface area contributed by atoms with Crippen molar-refractivity contribution in [2.45, 2.75) is 161 Å². The number of carbonyl (C=O) groups excluding carboxylic acids is 9. The summed E-state index contributed by atoms with van der Waals surface area (Å²) < 4.78 is 17.9. The first-order valence-corrected chi connectivity index (χ1v) is 30.7. The summed E-state index contributed by atoms with van der Waals surface area (Å²) in [6, 6.07) is 9.58. The van der Waals surface area contributed by atoms with Gasteiger partial charge in [-0.25, -0.2) is 20.5 Å². The lowest BCUT2D eigenvalue weighted by Crippen LogP contribution is -2.60. The third kappa shape index (κ3) is 21.4. The number of carbonyl (C=O) groups is 9. The summed E-state index contributed by atoms with van der Waals surface area (Å²) in [5.74, 6) is -0.110. The van der Waals surface area contributed by atoms with Gasteiger partial charge in [-0.15, -0.1) is 11.3 Å². The number of thiazole rings is 1. The van der Waals surface area contributed by atoms with Crippen LogP contribution in [0.25, 0.3) is 0 Å². The van der Waals surface area contributed by atoms with Crippen LogP contribution in [-0.4, -0.2) is 170 Å². The summed E-state index contributed by atoms with van der Waals surface area (Å²) in [6.45, 7) is 18.0. The Hall–Kier alpha value is -7.52. The summed E-state index contributed by atoms with van der Waals surface area (Å²) in [5, 5.41) is 19.1. The number of aromatic nitrogens is 1. The van der Waals surface area contributed by atoms with E-state index in [1.54, 1.807) is 68.3 Å². The van der Waals surface area contributed by atoms with E-state index in [4.69, 9.17) is 25.8 Å². The van der Waals surface area contributed by atoms with Crippen molar-refractivity contribution in [1.82, 2.24) is 46.3 Å². The average Bonchev–Trinajstić information content (AvgIpc) is 4.28. The molecule has 0 saturated carbocycles. The highest BCUT2D eigenvalue weighted by molar-refractivity contribution is 7.09. The van der Waals surface area contributed by atoms with Crippen LogP contribution in [0.1, 0.15) is 116 Å². The lowest BCUT2D eigenvalue weighted by atomic mass is 9.89. The van der Waals surface area contributed by atoms with Gasteiger partial charge in [0.2, 0.25) is 41.4 Å². The van der Waals surface area contributed by atoms with Crippen LogP contribution in [0.4, 0.5) is 15.3 Å². The SMILES string of the molecule is C=C(C)[C@H](NC(=O)CON)C(=O)N[C@@H](CCCNC(N)=O)C(=O)Nc1ccc(COC(=O)N(C)[C@H](C(=O)N[C@H](C(=O)N(C)[C@@H]([C@@H](C)CC)[C@@H](CC(=O)N2CCC[C@H]2[C@H](OC)[C@@H](C)C(=O)N[C@@H](Cc2ccccc2)c2nccs2)OC)C(C)C)C(C)C)cc1. The molecule has 25 nitrogen and oxygen atoms in total. The molecule has 2 heterocycles. The molecule has 0 bridgehead atoms. The van der Waals surface area contributed by atoms with Gasteiger partial charge in [-0.2, -0.15) is 0 Å². The Labute approximate surface area is 521 Å². The number of nitrogens with one attached hydrogen (secondary N) is 6. The van der Waals surface area contributed by atoms with Gasteiger partial charge in [-0.1, -0.05) is 104 Å². The Balaban J connectivity index is 1.42. The van der Waals surface area contributed by atoms with Crippen molar-refractivity contribution >= 4 is 70.5 Å². The number of ether oxygens (including phenoxy) is 3. The van der Waals surface area contributed by atoms with Gasteiger partial charge in [-0.3, -0.25) is 43.3 Å². The molecule has 4 rings (SSSR count). The fourth-order valence-electron chi connectivity index (χ4n) is 11.0. The summed E-state index contributed by atoms with van der Waals surface area (Å²) >= 11 is 1.47. The number of hydrogen-bond donors (Lipinski definition) is 8. The number of anilines is 1. The van der Waals surface area contributed by atoms with E-state index in [-0.39, 0.29) is 61.8 Å². The Kier molecular flexibility index (Phi) is 29.9. The molecule has 486 valence electrons. The van der Waals surface area contributed by atoms with Crippen molar-refractivity contribution in [2.75, 3.05) is 53.3 Å². The summed E-state index contributed by atoms with van der Waals surface area (Å²) in [5.41, 5.74) is 7.36. The number of rotatable bonds is 35. The van der Waals surface area contributed by atoms with E-state index in [0.29, 0.717) is 43.5 Å². The summed E-state index contributed by atoms with van der Waals surface area (Å²) in [7, 11) is 6.15. The number of nitrogens with two attached hydrogens (primary N) is 2. The van der Waals surface area contributed by atoms with E-state index >= 15 is 0 Å². The van der Waals surface area contributed by atoms with Crippen molar-refractivity contribution in [3.8, 4) is 0 Å². The first-order chi connectivity index (χ1) is 41.8. The van der Waals surface area contributed by atoms with Gasteiger partial charge in [0.05, 0.1) is 42.7 Å². The van der Waals surface area contributed by atoms with Crippen LogP contribution < -0.4 is 43.5 Å². The normalized spacial score (nSPS) is 16.5. The zero-order valence-electron chi connectivity index (χ0n) is 53.0. The zero-order chi connectivity index (χ0) is 65.4. The Morgan fingerprint density at radius 2 is 1.51 bits per heavy atom. The average molecular weight is 1250 g/mol. The molecule has 10 amide bonds. The van der Waals surface area contributed by atoms with Gasteiger partial charge < -0.3 is 61.6 Å². The van der Waals surface area contributed by atoms with Crippen LogP contribution >= 0.6 is 11.3 Å². The van der Waals surface area contributed by atoms with Gasteiger partial charge in [0.25, 0.3) is 0 Å². The molecule has 1 fully saturated rings. The molecule has 0 radical (unpaired) electrons. The number of likely N-dealkylation sites (tertiary alicyclic amines) is 1. The molecule has 0 aliphatic carbocycles. The van der Waals surface area contributed by atoms with Crippen molar-refractivity contribution in [1.29, 1.82) is 0 Å². The van der Waals surface area contributed by atoms with Gasteiger partial charge in [0, 0.05) is 58.7 Å². The molecule has 1 aliphatic heterocycles. The monoisotopic (exact) mass is 1250 g/mol. The van der Waals surface area contributed by atoms with Crippen LogP contribution in [0.2, 0.25) is 0 Å². The zero-order valence-corrected chi connectivity index (χ0v) is 53.8. The number of primary amides is 1. The molecule has 0 unspecified atom stereocenters. The molecule has 88 heavy (non-hydrogen) atoms. The maximum absolute atomic E-state index is 14.8. The number of benzene rings is 2. The highest BCUT2D eigenvalue weighted by atomic mass is 32.1. The molecule has 0 spiro atoms. The molecule has 1 aromatic heterocycles. The lowest BCUT2D eigenvalue weighted by molar-refractivity contribution is -0.148. The van der Waals surface area contributed by atoms with Gasteiger partial charge >= 0.3 is 12.1 Å². The molecular weight excluding hydrogens is 1150 g/mol. The van der Waals surface area contributed by atoms with Crippen molar-refractivity contribution < 1.29 is 62.2 Å². The predicted molar refractivity (Wildman–Crippen MR) is 333 cm³/mol. The fraction of sp³-hybridized carbons (Fsp3) is 0.581. The Morgan fingerprint density at radius 3 is 2.08 bits per heavy atom. The van der Waals surface area contributed by atoms with E-state index in [2.05, 4.69) is 48.3 Å². The minimum absolute atomic E-state index is 0.0647. The van der Waals surface area contributed by atoms with Crippen LogP contribution in [0.15, 0.2) is 78.3 Å². The quantitative estimate of drug-likeness (QED) is 0.0224. The van der Waals surface area contributed by atoms with E-state index in [0.717, 1.165) is 10.6 Å². The number of likely N-dealkylation sites (N-methyl/N-ethyl adjacent to an activating group) is 2. The number of hydrogen-bond acceptors (Lipinski definition) is 16. The number of amides is 10. The lowest BCUT2D eigenvalue weighted by Gasteiger charge is -2.41. The van der Waals surface area contributed by atoms with Crippen LogP contribution in [0.5, 0.6) is 0 Å². The molecule has 3 aromatic rings. The molecule has 1 saturated heterocycles. The number of nitrogens with zero attached hydrogens (tertiary/aromatic N) is 4. The maximum Gasteiger partial charge on any atom is 0.410 e. The minimum atomic E-state index is -1.22. The van der Waals surface area contributed by atoms with E-state index in [1.165, 1.54) is 37.3 Å². The molecular formula is C62H94N12O13S. The van der Waals surface area contributed by atoms with Crippen molar-refractivity contribution in [3.63, 3.8) is 0 Å². The van der Waals surface area contributed by atoms with E-state index in [1.807, 2.05) is 70.3 Å². The predicted octanol–water partition coefficient (Wildman–Crippen LogP) is 4.72. The van der Waals surface area contributed by atoms with Crippen molar-refractivity contribution in [3.05, 3.63) is 94.5 Å². The molecule has 10 N–H and O–H groups in total. The van der Waals surface area contributed by atoms with Crippen molar-refractivity contribution in [2.24, 2.45) is 35.3 Å². The van der Waals surface area contributed by atoms with Gasteiger partial charge in [-0.05, 0) is 85.6 Å². The van der Waals surface area contributed by atoms with E-state index in [9.17, 15) is 43.2 Å². The van der Waals surface area contributed by atoms with Crippen LogP contribution in [0.3, 0.4) is 0 Å².